The Morgan fingerprint density at radius 2 is 1.86 bits per heavy atom. The van der Waals surface area contributed by atoms with Gasteiger partial charge in [0.15, 0.2) is 0 Å². The summed E-state index contributed by atoms with van der Waals surface area (Å²) in [6.07, 6.45) is 1.00. The van der Waals surface area contributed by atoms with Crippen LogP contribution >= 0.6 is 0 Å². The quantitative estimate of drug-likeness (QED) is 0.536. The standard InChI is InChI=1S/C16H15N3O2/c1-2-11-18-15-6-4-3-5-14(15)17-16(18)12-7-9-13(10-8-12)19(20)21/h3-10H,2,11H2,1H3. The Labute approximate surface area is 122 Å². The maximum atomic E-state index is 10.7. The molecule has 0 bridgehead atoms. The van der Waals surface area contributed by atoms with Gasteiger partial charge in [-0.2, -0.15) is 0 Å². The molecule has 1 heterocycles. The maximum Gasteiger partial charge on any atom is 0.269 e. The van der Waals surface area contributed by atoms with Crippen molar-refractivity contribution in [2.24, 2.45) is 0 Å². The molecule has 0 aliphatic heterocycles. The molecule has 3 aromatic rings. The van der Waals surface area contributed by atoms with Crippen LogP contribution in [0.25, 0.3) is 22.4 Å². The van der Waals surface area contributed by atoms with Gasteiger partial charge in [-0.25, -0.2) is 4.98 Å². The Morgan fingerprint density at radius 1 is 1.14 bits per heavy atom. The molecule has 5 nitrogen and oxygen atoms in total. The van der Waals surface area contributed by atoms with Crippen LogP contribution in [0.3, 0.4) is 0 Å². The van der Waals surface area contributed by atoms with E-state index >= 15 is 0 Å². The summed E-state index contributed by atoms with van der Waals surface area (Å²) in [5.41, 5.74) is 3.02. The molecular weight excluding hydrogens is 266 g/mol. The number of nitro groups is 1. The Hall–Kier alpha value is -2.69. The molecule has 106 valence electrons. The van der Waals surface area contributed by atoms with Gasteiger partial charge in [0, 0.05) is 24.2 Å². The molecule has 0 unspecified atom stereocenters. The Kier molecular flexibility index (Phi) is 3.39. The third kappa shape index (κ3) is 2.38. The van der Waals surface area contributed by atoms with Crippen molar-refractivity contribution < 1.29 is 4.92 Å². The number of benzene rings is 2. The number of nitrogens with zero attached hydrogens (tertiary/aromatic N) is 3. The second kappa shape index (κ2) is 5.36. The van der Waals surface area contributed by atoms with Crippen LogP contribution in [-0.4, -0.2) is 14.5 Å². The number of imidazole rings is 1. The number of non-ortho nitro benzene ring substituents is 1. The van der Waals surface area contributed by atoms with Gasteiger partial charge < -0.3 is 4.57 Å². The van der Waals surface area contributed by atoms with Gasteiger partial charge in [-0.15, -0.1) is 0 Å². The van der Waals surface area contributed by atoms with Crippen LogP contribution in [0.5, 0.6) is 0 Å². The van der Waals surface area contributed by atoms with Crippen molar-refractivity contribution in [1.82, 2.24) is 9.55 Å². The molecule has 5 heteroatoms. The predicted octanol–water partition coefficient (Wildman–Crippen LogP) is 4.02. The zero-order chi connectivity index (χ0) is 14.8. The Morgan fingerprint density at radius 3 is 2.52 bits per heavy atom. The fourth-order valence-corrected chi connectivity index (χ4v) is 2.48. The van der Waals surface area contributed by atoms with Gasteiger partial charge in [-0.05, 0) is 30.7 Å². The van der Waals surface area contributed by atoms with Gasteiger partial charge in [-0.1, -0.05) is 19.1 Å². The van der Waals surface area contributed by atoms with Crippen molar-refractivity contribution in [2.45, 2.75) is 19.9 Å². The molecule has 3 rings (SSSR count). The summed E-state index contributed by atoms with van der Waals surface area (Å²) in [5.74, 6) is 0.855. The lowest BCUT2D eigenvalue weighted by molar-refractivity contribution is -0.384. The molecule has 0 saturated carbocycles. The van der Waals surface area contributed by atoms with Gasteiger partial charge in [0.05, 0.1) is 16.0 Å². The largest absolute Gasteiger partial charge is 0.324 e. The summed E-state index contributed by atoms with van der Waals surface area (Å²) < 4.78 is 2.16. The van der Waals surface area contributed by atoms with E-state index < -0.39 is 4.92 Å². The number of nitro benzene ring substituents is 1. The summed E-state index contributed by atoms with van der Waals surface area (Å²) in [7, 11) is 0. The number of hydrogen-bond donors (Lipinski definition) is 0. The van der Waals surface area contributed by atoms with E-state index in [0.717, 1.165) is 35.4 Å². The molecule has 0 amide bonds. The number of hydrogen-bond acceptors (Lipinski definition) is 3. The molecule has 2 aromatic carbocycles. The monoisotopic (exact) mass is 281 g/mol. The average molecular weight is 281 g/mol. The van der Waals surface area contributed by atoms with E-state index in [4.69, 9.17) is 0 Å². The Bertz CT molecular complexity index is 791. The second-order valence-electron chi connectivity index (χ2n) is 4.88. The minimum atomic E-state index is -0.390. The molecule has 1 aromatic heterocycles. The molecule has 0 saturated heterocycles. The average Bonchev–Trinajstić information content (AvgIpc) is 2.87. The minimum Gasteiger partial charge on any atom is -0.324 e. The first-order valence-corrected chi connectivity index (χ1v) is 6.91. The van der Waals surface area contributed by atoms with Crippen LogP contribution in [0.1, 0.15) is 13.3 Å². The van der Waals surface area contributed by atoms with Crippen LogP contribution in [0.2, 0.25) is 0 Å². The van der Waals surface area contributed by atoms with Gasteiger partial charge in [0.25, 0.3) is 5.69 Å². The van der Waals surface area contributed by atoms with Crippen molar-refractivity contribution in [3.8, 4) is 11.4 Å². The van der Waals surface area contributed by atoms with Gasteiger partial charge in [-0.3, -0.25) is 10.1 Å². The first-order chi connectivity index (χ1) is 10.2. The SMILES string of the molecule is CCCn1c(-c2ccc([N+](=O)[O-])cc2)nc2ccccc21. The van der Waals surface area contributed by atoms with Crippen LogP contribution in [0.4, 0.5) is 5.69 Å². The highest BCUT2D eigenvalue weighted by atomic mass is 16.6. The highest BCUT2D eigenvalue weighted by Gasteiger charge is 2.13. The number of aryl methyl sites for hydroxylation is 1. The maximum absolute atomic E-state index is 10.7. The summed E-state index contributed by atoms with van der Waals surface area (Å²) in [5, 5.41) is 10.7. The fraction of sp³-hybridized carbons (Fsp3) is 0.188. The highest BCUT2D eigenvalue weighted by molar-refractivity contribution is 5.80. The lowest BCUT2D eigenvalue weighted by Gasteiger charge is -2.07. The smallest absolute Gasteiger partial charge is 0.269 e. The zero-order valence-corrected chi connectivity index (χ0v) is 11.7. The van der Waals surface area contributed by atoms with Crippen LogP contribution < -0.4 is 0 Å². The van der Waals surface area contributed by atoms with E-state index in [0.29, 0.717) is 0 Å². The fourth-order valence-electron chi connectivity index (χ4n) is 2.48. The van der Waals surface area contributed by atoms with Gasteiger partial charge in [0.2, 0.25) is 0 Å². The normalized spacial score (nSPS) is 10.9. The minimum absolute atomic E-state index is 0.0944. The van der Waals surface area contributed by atoms with E-state index in [1.807, 2.05) is 24.3 Å². The molecule has 0 spiro atoms. The van der Waals surface area contributed by atoms with Crippen molar-refractivity contribution in [3.63, 3.8) is 0 Å². The number of rotatable bonds is 4. The lowest BCUT2D eigenvalue weighted by atomic mass is 10.2. The van der Waals surface area contributed by atoms with Gasteiger partial charge in [0.1, 0.15) is 5.82 Å². The molecular formula is C16H15N3O2. The molecule has 21 heavy (non-hydrogen) atoms. The molecule has 0 aliphatic rings. The van der Waals surface area contributed by atoms with Gasteiger partial charge >= 0.3 is 0 Å². The van der Waals surface area contributed by atoms with Crippen LogP contribution in [0.15, 0.2) is 48.5 Å². The predicted molar refractivity (Wildman–Crippen MR) is 82.1 cm³/mol. The van der Waals surface area contributed by atoms with Crippen molar-refractivity contribution >= 4 is 16.7 Å². The molecule has 0 fully saturated rings. The first kappa shape index (κ1) is 13.3. The third-order valence-electron chi connectivity index (χ3n) is 3.44. The summed E-state index contributed by atoms with van der Waals surface area (Å²) in [6.45, 7) is 2.99. The molecule has 0 radical (unpaired) electrons. The third-order valence-corrected chi connectivity index (χ3v) is 3.44. The Balaban J connectivity index is 2.14. The summed E-state index contributed by atoms with van der Waals surface area (Å²) in [4.78, 5) is 15.0. The number of fused-ring (bicyclic) bond motifs is 1. The van der Waals surface area contributed by atoms with E-state index in [-0.39, 0.29) is 5.69 Å². The summed E-state index contributed by atoms with van der Waals surface area (Å²) in [6, 6.07) is 14.5. The van der Waals surface area contributed by atoms with E-state index in [1.54, 1.807) is 12.1 Å². The lowest BCUT2D eigenvalue weighted by Crippen LogP contribution is -1.99. The number of para-hydroxylation sites is 2. The van der Waals surface area contributed by atoms with E-state index in [9.17, 15) is 10.1 Å². The van der Waals surface area contributed by atoms with Crippen molar-refractivity contribution in [2.75, 3.05) is 0 Å². The molecule has 0 N–H and O–H groups in total. The number of aromatic nitrogens is 2. The zero-order valence-electron chi connectivity index (χ0n) is 11.7. The molecule has 0 aliphatic carbocycles. The highest BCUT2D eigenvalue weighted by Crippen LogP contribution is 2.26. The molecule has 0 atom stereocenters. The summed E-state index contributed by atoms with van der Waals surface area (Å²) >= 11 is 0. The van der Waals surface area contributed by atoms with Crippen molar-refractivity contribution in [3.05, 3.63) is 58.6 Å². The van der Waals surface area contributed by atoms with Crippen LogP contribution in [-0.2, 0) is 6.54 Å². The van der Waals surface area contributed by atoms with E-state index in [1.165, 1.54) is 12.1 Å². The second-order valence-corrected chi connectivity index (χ2v) is 4.88. The first-order valence-electron chi connectivity index (χ1n) is 6.91. The van der Waals surface area contributed by atoms with Crippen molar-refractivity contribution in [1.29, 1.82) is 0 Å². The topological polar surface area (TPSA) is 61.0 Å². The van der Waals surface area contributed by atoms with E-state index in [2.05, 4.69) is 16.5 Å². The van der Waals surface area contributed by atoms with Crippen LogP contribution in [0, 0.1) is 10.1 Å².